The molecule has 13 heteroatoms. The second-order valence-corrected chi connectivity index (χ2v) is 15.7. The summed E-state index contributed by atoms with van der Waals surface area (Å²) in [6, 6.07) is 4.91. The number of ether oxygens (including phenoxy) is 2. The fourth-order valence-electron chi connectivity index (χ4n) is 6.99. The highest BCUT2D eigenvalue weighted by Gasteiger charge is 2.37. The van der Waals surface area contributed by atoms with Crippen LogP contribution in [0.3, 0.4) is 0 Å². The number of amides is 2. The van der Waals surface area contributed by atoms with Crippen molar-refractivity contribution in [2.45, 2.75) is 111 Å². The maximum absolute atomic E-state index is 14.1. The molecule has 0 saturated carbocycles. The average molecular weight is 745 g/mol. The van der Waals surface area contributed by atoms with Crippen molar-refractivity contribution in [1.29, 1.82) is 0 Å². The van der Waals surface area contributed by atoms with Gasteiger partial charge in [-0.05, 0) is 68.8 Å². The molecule has 2 aromatic rings. The van der Waals surface area contributed by atoms with E-state index in [1.54, 1.807) is 36.4 Å². The molecular formula is C39H57FN4O7S. The number of methoxy groups -OCH3 is 1. The number of thiazole rings is 1. The quantitative estimate of drug-likeness (QED) is 0.182. The first-order valence-corrected chi connectivity index (χ1v) is 19.2. The number of hydrogen-bond donors (Lipinski definition) is 1. The molecule has 1 aromatic carbocycles. The standard InChI is InChI=1S/C39H57FN4O7S/c1-23(2)30(20-34(46)32-12-10-11-17-43(32)7)38(48)44(8)33(24(3)4)21-35(51-26(6)45)37-42-31(22-52-37)36(47)41-29(18-25(5)39(49)50-9)19-27-13-15-28(40)16-14-27/h13-16,22-25,29-30,32-33,35H,10-12,17-21H2,1-9H3,(H,41,47)/t25-,29?,30-,32+,33+,35+/m0/s1. The molecule has 0 spiro atoms. The molecule has 52 heavy (non-hydrogen) atoms. The van der Waals surface area contributed by atoms with Crippen molar-refractivity contribution in [1.82, 2.24) is 20.1 Å². The molecule has 0 aliphatic carbocycles. The van der Waals surface area contributed by atoms with Gasteiger partial charge in [0, 0.05) is 50.2 Å². The number of Topliss-reactive ketones (excluding diaryl/α,β-unsaturated/α-hetero) is 1. The maximum Gasteiger partial charge on any atom is 0.308 e. The van der Waals surface area contributed by atoms with Crippen molar-refractivity contribution in [3.05, 3.63) is 51.7 Å². The van der Waals surface area contributed by atoms with E-state index in [0.29, 0.717) is 11.4 Å². The van der Waals surface area contributed by atoms with Gasteiger partial charge in [0.05, 0.1) is 19.1 Å². The van der Waals surface area contributed by atoms with Gasteiger partial charge in [0.15, 0.2) is 11.9 Å². The zero-order valence-electron chi connectivity index (χ0n) is 32.1. The molecule has 3 rings (SSSR count). The monoisotopic (exact) mass is 744 g/mol. The van der Waals surface area contributed by atoms with Gasteiger partial charge in [0.2, 0.25) is 5.91 Å². The Morgan fingerprint density at radius 1 is 1.04 bits per heavy atom. The lowest BCUT2D eigenvalue weighted by Crippen LogP contribution is -2.48. The van der Waals surface area contributed by atoms with Crippen molar-refractivity contribution in [3.63, 3.8) is 0 Å². The average Bonchev–Trinajstić information content (AvgIpc) is 3.59. The van der Waals surface area contributed by atoms with Crippen molar-refractivity contribution in [2.24, 2.45) is 23.7 Å². The van der Waals surface area contributed by atoms with Gasteiger partial charge in [-0.2, -0.15) is 0 Å². The van der Waals surface area contributed by atoms with Crippen LogP contribution in [0.2, 0.25) is 0 Å². The number of aromatic nitrogens is 1. The molecule has 1 fully saturated rings. The maximum atomic E-state index is 14.1. The first kappa shape index (κ1) is 42.7. The summed E-state index contributed by atoms with van der Waals surface area (Å²) in [6.45, 7) is 11.8. The predicted octanol–water partition coefficient (Wildman–Crippen LogP) is 6.02. The normalized spacial score (nSPS) is 17.9. The Hall–Kier alpha value is -3.71. The van der Waals surface area contributed by atoms with Crippen LogP contribution in [0.25, 0.3) is 0 Å². The lowest BCUT2D eigenvalue weighted by molar-refractivity contribution is -0.149. The van der Waals surface area contributed by atoms with Crippen LogP contribution in [-0.2, 0) is 35.1 Å². The summed E-state index contributed by atoms with van der Waals surface area (Å²) in [5, 5.41) is 4.96. The molecule has 288 valence electrons. The number of ketones is 1. The van der Waals surface area contributed by atoms with E-state index < -0.39 is 41.8 Å². The van der Waals surface area contributed by atoms with Gasteiger partial charge in [0.25, 0.3) is 5.91 Å². The molecule has 1 aliphatic heterocycles. The largest absolute Gasteiger partial charge is 0.469 e. The minimum absolute atomic E-state index is 0.0354. The molecule has 1 aliphatic rings. The first-order valence-electron chi connectivity index (χ1n) is 18.3. The van der Waals surface area contributed by atoms with Crippen LogP contribution < -0.4 is 5.32 Å². The summed E-state index contributed by atoms with van der Waals surface area (Å²) < 4.78 is 24.2. The van der Waals surface area contributed by atoms with Crippen LogP contribution in [0.5, 0.6) is 0 Å². The van der Waals surface area contributed by atoms with E-state index in [0.717, 1.165) is 31.4 Å². The lowest BCUT2D eigenvalue weighted by atomic mass is 9.84. The van der Waals surface area contributed by atoms with Crippen LogP contribution in [0, 0.1) is 29.5 Å². The number of nitrogens with one attached hydrogen (secondary N) is 1. The lowest BCUT2D eigenvalue weighted by Gasteiger charge is -2.37. The smallest absolute Gasteiger partial charge is 0.308 e. The highest BCUT2D eigenvalue weighted by Crippen LogP contribution is 2.32. The molecule has 1 saturated heterocycles. The van der Waals surface area contributed by atoms with Crippen LogP contribution in [-0.4, -0.2) is 90.2 Å². The number of carbonyl (C=O) groups excluding carboxylic acids is 5. The summed E-state index contributed by atoms with van der Waals surface area (Å²) in [5.41, 5.74) is 0.894. The minimum atomic E-state index is -0.837. The summed E-state index contributed by atoms with van der Waals surface area (Å²) in [7, 11) is 5.01. The Morgan fingerprint density at radius 3 is 2.29 bits per heavy atom. The van der Waals surface area contributed by atoms with E-state index in [9.17, 15) is 28.4 Å². The highest BCUT2D eigenvalue weighted by molar-refractivity contribution is 7.09. The molecule has 0 bridgehead atoms. The number of rotatable bonds is 18. The van der Waals surface area contributed by atoms with Gasteiger partial charge in [-0.15, -0.1) is 11.3 Å². The van der Waals surface area contributed by atoms with Crippen molar-refractivity contribution in [3.8, 4) is 0 Å². The molecule has 11 nitrogen and oxygen atoms in total. The first-order chi connectivity index (χ1) is 24.5. The number of carbonyl (C=O) groups is 5. The van der Waals surface area contributed by atoms with Gasteiger partial charge in [0.1, 0.15) is 16.5 Å². The molecule has 6 atom stereocenters. The van der Waals surface area contributed by atoms with Crippen molar-refractivity contribution in [2.75, 3.05) is 27.7 Å². The summed E-state index contributed by atoms with van der Waals surface area (Å²) in [6.07, 6.45) is 3.06. The number of benzene rings is 1. The number of piperidine rings is 1. The number of nitrogens with zero attached hydrogens (tertiary/aromatic N) is 3. The van der Waals surface area contributed by atoms with Gasteiger partial charge < -0.3 is 19.7 Å². The number of likely N-dealkylation sites (tertiary alicyclic amines) is 1. The Balaban J connectivity index is 1.80. The number of hydrogen-bond acceptors (Lipinski definition) is 10. The third-order valence-corrected chi connectivity index (χ3v) is 11.0. The zero-order chi connectivity index (χ0) is 38.7. The SMILES string of the molecule is COC(=O)[C@@H](C)CC(Cc1ccc(F)cc1)NC(=O)c1csc([C@@H](C[C@H](C(C)C)N(C)C(=O)[C@@H](CC(=O)[C@H]2CCCCN2C)C(C)C)OC(C)=O)n1. The number of halogens is 1. The molecular weight excluding hydrogens is 688 g/mol. The molecule has 0 radical (unpaired) electrons. The molecule has 1 unspecified atom stereocenters. The Bertz CT molecular complexity index is 1510. The summed E-state index contributed by atoms with van der Waals surface area (Å²) in [5.74, 6) is -2.94. The van der Waals surface area contributed by atoms with Crippen LogP contribution in [0.1, 0.15) is 107 Å². The van der Waals surface area contributed by atoms with Gasteiger partial charge in [-0.3, -0.25) is 28.9 Å². The molecule has 1 aromatic heterocycles. The van der Waals surface area contributed by atoms with E-state index in [1.807, 2.05) is 34.7 Å². The fourth-order valence-corrected chi connectivity index (χ4v) is 7.83. The van der Waals surface area contributed by atoms with Gasteiger partial charge in [-0.25, -0.2) is 9.37 Å². The van der Waals surface area contributed by atoms with E-state index in [1.165, 1.54) is 37.5 Å². The second kappa shape index (κ2) is 19.9. The number of esters is 2. The topological polar surface area (TPSA) is 135 Å². The van der Waals surface area contributed by atoms with E-state index >= 15 is 0 Å². The third kappa shape index (κ3) is 12.2. The van der Waals surface area contributed by atoms with E-state index in [4.69, 9.17) is 9.47 Å². The Morgan fingerprint density at radius 2 is 1.71 bits per heavy atom. The van der Waals surface area contributed by atoms with Crippen LogP contribution in [0.4, 0.5) is 4.39 Å². The highest BCUT2D eigenvalue weighted by atomic mass is 32.1. The second-order valence-electron chi connectivity index (χ2n) is 14.8. The van der Waals surface area contributed by atoms with Gasteiger partial charge in [-0.1, -0.05) is 53.2 Å². The summed E-state index contributed by atoms with van der Waals surface area (Å²) in [4.78, 5) is 73.9. The van der Waals surface area contributed by atoms with Crippen LogP contribution in [0.15, 0.2) is 29.6 Å². The molecule has 1 N–H and O–H groups in total. The molecule has 2 amide bonds. The third-order valence-electron chi connectivity index (χ3n) is 10.1. The van der Waals surface area contributed by atoms with Gasteiger partial charge >= 0.3 is 11.9 Å². The Labute approximate surface area is 312 Å². The zero-order valence-corrected chi connectivity index (χ0v) is 33.0. The van der Waals surface area contributed by atoms with Crippen LogP contribution >= 0.6 is 11.3 Å². The van der Waals surface area contributed by atoms with Crippen molar-refractivity contribution >= 4 is 40.9 Å². The van der Waals surface area contributed by atoms with E-state index in [-0.39, 0.29) is 66.4 Å². The minimum Gasteiger partial charge on any atom is -0.469 e. The summed E-state index contributed by atoms with van der Waals surface area (Å²) >= 11 is 1.17. The van der Waals surface area contributed by atoms with Crippen molar-refractivity contribution < 1.29 is 37.8 Å². The predicted molar refractivity (Wildman–Crippen MR) is 198 cm³/mol. The number of likely N-dealkylation sites (N-methyl/N-ethyl adjacent to an activating group) is 1. The molecule has 2 heterocycles. The van der Waals surface area contributed by atoms with E-state index in [2.05, 4.69) is 15.2 Å². The fraction of sp³-hybridized carbons (Fsp3) is 0.641. The Kier molecular flexibility index (Phi) is 16.4.